The highest BCUT2D eigenvalue weighted by atomic mass is 16.3. The normalized spacial score (nSPS) is 17.4. The molecule has 388 valence electrons. The largest absolute Gasteiger partial charge is 0.508 e. The average Bonchev–Trinajstić information content (AvgIpc) is 4.41. The standard InChI is InChI=1S/C70H62N8O/c79-61-38-22-23-52(47-61)50-77-51-53(49-72-77)62(39-46-71-68-43-40-67(41-44-68,42-45-68)54-24-8-1-9-25-54)63-48-64(74-69(55-26-10-2-11-27-55,56-28-12-3-13-29-56)57-30-14-4-15-31-57)73-66-65(63)75-76-78(66)70(58-32-16-5-17-33-58,59-34-18-6-19-35-59)60-36-20-7-21-37-60/h1-39,47-49,51,71,79H,40-46,50H2,(H,73,74)/b62-39+. The Labute approximate surface area is 462 Å². The van der Waals surface area contributed by atoms with Crippen LogP contribution in [0.1, 0.15) is 94.2 Å². The summed E-state index contributed by atoms with van der Waals surface area (Å²) in [6, 6.07) is 84.6. The topological polar surface area (TPSA) is 106 Å². The van der Waals surface area contributed by atoms with Crippen LogP contribution in [0.4, 0.5) is 5.82 Å². The third-order valence-electron chi connectivity index (χ3n) is 17.1. The van der Waals surface area contributed by atoms with E-state index in [-0.39, 0.29) is 16.7 Å². The fourth-order valence-corrected chi connectivity index (χ4v) is 13.1. The van der Waals surface area contributed by atoms with E-state index in [9.17, 15) is 5.11 Å². The summed E-state index contributed by atoms with van der Waals surface area (Å²) in [6.45, 7) is 1.10. The van der Waals surface area contributed by atoms with Crippen LogP contribution in [0.2, 0.25) is 0 Å². The first kappa shape index (κ1) is 49.4. The lowest BCUT2D eigenvalue weighted by Gasteiger charge is -2.54. The first-order valence-electron chi connectivity index (χ1n) is 27.7. The molecule has 3 aliphatic rings. The van der Waals surface area contributed by atoms with E-state index in [1.807, 2.05) is 23.0 Å². The molecule has 0 atom stereocenters. The van der Waals surface area contributed by atoms with E-state index in [1.165, 1.54) is 24.8 Å². The first-order chi connectivity index (χ1) is 38.9. The zero-order valence-electron chi connectivity index (χ0n) is 44.1. The third-order valence-corrected chi connectivity index (χ3v) is 17.1. The van der Waals surface area contributed by atoms with Gasteiger partial charge in [0, 0.05) is 29.4 Å². The van der Waals surface area contributed by atoms with E-state index < -0.39 is 11.1 Å². The third kappa shape index (κ3) is 9.09. The van der Waals surface area contributed by atoms with Crippen molar-refractivity contribution in [3.63, 3.8) is 0 Å². The van der Waals surface area contributed by atoms with E-state index in [0.29, 0.717) is 30.1 Å². The number of nitrogens with one attached hydrogen (secondary N) is 2. The smallest absolute Gasteiger partial charge is 0.182 e. The van der Waals surface area contributed by atoms with E-state index in [2.05, 4.69) is 246 Å². The Morgan fingerprint density at radius 2 is 1.05 bits per heavy atom. The molecule has 0 amide bonds. The van der Waals surface area contributed by atoms with E-state index >= 15 is 0 Å². The van der Waals surface area contributed by atoms with Crippen LogP contribution in [-0.4, -0.2) is 46.9 Å². The van der Waals surface area contributed by atoms with E-state index in [0.717, 1.165) is 74.9 Å². The number of pyridine rings is 1. The number of rotatable bonds is 17. The van der Waals surface area contributed by atoms with Crippen molar-refractivity contribution in [3.8, 4) is 5.75 Å². The lowest BCUT2D eigenvalue weighted by Crippen LogP contribution is -2.56. The molecule has 3 saturated carbocycles. The van der Waals surface area contributed by atoms with Crippen molar-refractivity contribution >= 4 is 22.6 Å². The number of hydrogen-bond donors (Lipinski definition) is 3. The monoisotopic (exact) mass is 1030 g/mol. The van der Waals surface area contributed by atoms with Gasteiger partial charge in [0.15, 0.2) is 5.65 Å². The van der Waals surface area contributed by atoms with Gasteiger partial charge in [0.05, 0.1) is 12.7 Å². The SMILES string of the molecule is Oc1cccc(Cn2cc(/C(=C\CNC34CCC(c5ccccc5)(CC3)CC4)c3cc(NC(c4ccccc4)(c4ccccc4)c4ccccc4)nc4c3nnn4C(c3ccccc3)(c3ccccc3)c3ccccc3)cn2)c1. The Bertz CT molecular complexity index is 3650. The highest BCUT2D eigenvalue weighted by Crippen LogP contribution is 2.54. The molecule has 3 aliphatic carbocycles. The molecule has 8 aromatic carbocycles. The lowest BCUT2D eigenvalue weighted by atomic mass is 9.55. The molecule has 79 heavy (non-hydrogen) atoms. The average molecular weight is 1030 g/mol. The molecule has 3 fully saturated rings. The molecular weight excluding hydrogens is 969 g/mol. The molecule has 3 heterocycles. The number of benzene rings is 8. The molecule has 0 saturated heterocycles. The first-order valence-corrected chi connectivity index (χ1v) is 27.7. The van der Waals surface area contributed by atoms with Gasteiger partial charge in [-0.25, -0.2) is 9.67 Å². The van der Waals surface area contributed by atoms with Gasteiger partial charge in [0.2, 0.25) is 0 Å². The summed E-state index contributed by atoms with van der Waals surface area (Å²) in [5.74, 6) is 0.854. The zero-order chi connectivity index (χ0) is 53.1. The molecule has 11 aromatic rings. The van der Waals surface area contributed by atoms with Crippen molar-refractivity contribution in [2.45, 2.75) is 67.1 Å². The van der Waals surface area contributed by atoms with Crippen LogP contribution in [0, 0.1) is 0 Å². The maximum absolute atomic E-state index is 10.5. The molecular formula is C70H62N8O. The molecule has 3 N–H and O–H groups in total. The number of aromatic nitrogens is 6. The number of phenolic OH excluding ortho intramolecular Hbond substituents is 1. The van der Waals surface area contributed by atoms with Crippen molar-refractivity contribution in [2.75, 3.05) is 11.9 Å². The maximum atomic E-state index is 10.5. The van der Waals surface area contributed by atoms with Crippen molar-refractivity contribution in [1.29, 1.82) is 0 Å². The molecule has 9 nitrogen and oxygen atoms in total. The molecule has 9 heteroatoms. The fourth-order valence-electron chi connectivity index (χ4n) is 13.1. The van der Waals surface area contributed by atoms with Gasteiger partial charge in [-0.15, -0.1) is 5.10 Å². The second-order valence-electron chi connectivity index (χ2n) is 21.5. The van der Waals surface area contributed by atoms with Gasteiger partial charge in [-0.1, -0.05) is 236 Å². The number of nitrogens with zero attached hydrogens (tertiary/aromatic N) is 6. The minimum atomic E-state index is -1.02. The van der Waals surface area contributed by atoms with Crippen molar-refractivity contribution in [2.24, 2.45) is 0 Å². The Hall–Kier alpha value is -9.18. The molecule has 0 unspecified atom stereocenters. The van der Waals surface area contributed by atoms with Gasteiger partial charge in [0.1, 0.15) is 28.2 Å². The summed E-state index contributed by atoms with van der Waals surface area (Å²) in [5.41, 5.74) is 10.9. The lowest BCUT2D eigenvalue weighted by molar-refractivity contribution is 0.0802. The molecule has 2 bridgehead atoms. The van der Waals surface area contributed by atoms with Crippen LogP contribution in [-0.2, 0) is 23.0 Å². The van der Waals surface area contributed by atoms with Gasteiger partial charge in [-0.05, 0) is 112 Å². The Balaban J connectivity index is 1.04. The number of fused-ring (bicyclic) bond motifs is 4. The summed E-state index contributed by atoms with van der Waals surface area (Å²) >= 11 is 0. The maximum Gasteiger partial charge on any atom is 0.182 e. The van der Waals surface area contributed by atoms with Crippen LogP contribution in [0.25, 0.3) is 16.7 Å². The Morgan fingerprint density at radius 1 is 0.557 bits per heavy atom. The van der Waals surface area contributed by atoms with E-state index in [1.54, 1.807) is 12.1 Å². The van der Waals surface area contributed by atoms with Gasteiger partial charge in [0.25, 0.3) is 0 Å². The number of phenols is 1. The van der Waals surface area contributed by atoms with Crippen molar-refractivity contribution < 1.29 is 5.11 Å². The highest BCUT2D eigenvalue weighted by Gasteiger charge is 2.49. The second-order valence-corrected chi connectivity index (χ2v) is 21.5. The summed E-state index contributed by atoms with van der Waals surface area (Å²) < 4.78 is 4.00. The minimum Gasteiger partial charge on any atom is -0.508 e. The minimum absolute atomic E-state index is 0.0301. The quantitative estimate of drug-likeness (QED) is 0.0780. The predicted octanol–water partition coefficient (Wildman–Crippen LogP) is 14.1. The van der Waals surface area contributed by atoms with Gasteiger partial charge in [-0.3, -0.25) is 4.68 Å². The zero-order valence-corrected chi connectivity index (χ0v) is 44.1. The van der Waals surface area contributed by atoms with Crippen LogP contribution in [0.3, 0.4) is 0 Å². The molecule has 3 aromatic heterocycles. The molecule has 0 spiro atoms. The van der Waals surface area contributed by atoms with Crippen molar-refractivity contribution in [3.05, 3.63) is 317 Å². The molecule has 14 rings (SSSR count). The number of anilines is 1. The molecule has 0 aliphatic heterocycles. The van der Waals surface area contributed by atoms with Gasteiger partial charge < -0.3 is 15.7 Å². The number of hydrogen-bond acceptors (Lipinski definition) is 7. The van der Waals surface area contributed by atoms with Gasteiger partial charge >= 0.3 is 0 Å². The summed E-state index contributed by atoms with van der Waals surface area (Å²) in [7, 11) is 0. The Morgan fingerprint density at radius 3 is 1.56 bits per heavy atom. The summed E-state index contributed by atoms with van der Waals surface area (Å²) in [5, 5.41) is 34.4. The van der Waals surface area contributed by atoms with Gasteiger partial charge in [-0.2, -0.15) is 5.10 Å². The van der Waals surface area contributed by atoms with Crippen LogP contribution >= 0.6 is 0 Å². The fraction of sp³-hybridized carbons (Fsp3) is 0.171. The second kappa shape index (κ2) is 21.0. The van der Waals surface area contributed by atoms with Crippen LogP contribution < -0.4 is 10.6 Å². The predicted molar refractivity (Wildman–Crippen MR) is 316 cm³/mol. The molecule has 0 radical (unpaired) electrons. The van der Waals surface area contributed by atoms with Crippen LogP contribution in [0.5, 0.6) is 5.75 Å². The van der Waals surface area contributed by atoms with Crippen molar-refractivity contribution in [1.82, 2.24) is 35.1 Å². The Kier molecular flexibility index (Phi) is 13.1. The highest BCUT2D eigenvalue weighted by molar-refractivity contribution is 5.94. The van der Waals surface area contributed by atoms with Crippen LogP contribution in [0.15, 0.2) is 261 Å². The summed E-state index contributed by atoms with van der Waals surface area (Å²) in [6.07, 6.45) is 13.3. The summed E-state index contributed by atoms with van der Waals surface area (Å²) in [4.78, 5) is 5.80. The number of aromatic hydroxyl groups is 1. The van der Waals surface area contributed by atoms with E-state index in [4.69, 9.17) is 20.4 Å².